The van der Waals surface area contributed by atoms with Gasteiger partial charge in [-0.3, -0.25) is 0 Å². The number of likely N-dealkylation sites (tertiary alicyclic amines) is 1. The maximum absolute atomic E-state index is 5.80. The molecule has 1 heterocycles. The van der Waals surface area contributed by atoms with Crippen molar-refractivity contribution in [2.24, 2.45) is 0 Å². The van der Waals surface area contributed by atoms with Gasteiger partial charge in [0.1, 0.15) is 5.75 Å². The van der Waals surface area contributed by atoms with Crippen LogP contribution < -0.4 is 10.1 Å². The number of nitrogens with one attached hydrogen (secondary N) is 1. The number of halogens is 1. The Balaban J connectivity index is 1.23. The third kappa shape index (κ3) is 4.86. The van der Waals surface area contributed by atoms with E-state index in [9.17, 15) is 0 Å². The van der Waals surface area contributed by atoms with Crippen molar-refractivity contribution in [1.29, 1.82) is 0 Å². The molecule has 1 saturated heterocycles. The highest BCUT2D eigenvalue weighted by molar-refractivity contribution is 9.10. The van der Waals surface area contributed by atoms with Crippen LogP contribution >= 0.6 is 15.9 Å². The summed E-state index contributed by atoms with van der Waals surface area (Å²) >= 11 is 3.66. The standard InChI is InChI=1S/C24H27BrN2O/c25-23-11-12-24(22-10-5-4-9-21(22)23)26-19-13-16-27(17-14-19)15-6-18-28-20-7-2-1-3-8-20/h1-5,7-12,19,26H,6,13-18H2. The number of piperidine rings is 1. The van der Waals surface area contributed by atoms with E-state index in [1.54, 1.807) is 0 Å². The first-order valence-electron chi connectivity index (χ1n) is 10.1. The fraction of sp³-hybridized carbons (Fsp3) is 0.333. The number of para-hydroxylation sites is 1. The normalized spacial score (nSPS) is 15.6. The molecule has 0 atom stereocenters. The predicted octanol–water partition coefficient (Wildman–Crippen LogP) is 5.95. The van der Waals surface area contributed by atoms with E-state index in [2.05, 4.69) is 62.5 Å². The van der Waals surface area contributed by atoms with Crippen LogP contribution in [-0.4, -0.2) is 37.2 Å². The lowest BCUT2D eigenvalue weighted by molar-refractivity contribution is 0.198. The SMILES string of the molecule is Brc1ccc(NC2CCN(CCCOc3ccccc3)CC2)c2ccccc12. The molecule has 1 aliphatic rings. The van der Waals surface area contributed by atoms with Crippen molar-refractivity contribution in [3.05, 3.63) is 71.2 Å². The number of anilines is 1. The smallest absolute Gasteiger partial charge is 0.119 e. The fourth-order valence-electron chi connectivity index (χ4n) is 3.90. The van der Waals surface area contributed by atoms with Crippen molar-refractivity contribution in [2.75, 3.05) is 31.6 Å². The zero-order valence-electron chi connectivity index (χ0n) is 16.1. The number of rotatable bonds is 7. The predicted molar refractivity (Wildman–Crippen MR) is 121 cm³/mol. The molecule has 0 radical (unpaired) electrons. The van der Waals surface area contributed by atoms with Gasteiger partial charge in [0.05, 0.1) is 6.61 Å². The van der Waals surface area contributed by atoms with Crippen LogP contribution in [0.4, 0.5) is 5.69 Å². The van der Waals surface area contributed by atoms with Crippen LogP contribution in [0.25, 0.3) is 10.8 Å². The quantitative estimate of drug-likeness (QED) is 0.461. The van der Waals surface area contributed by atoms with Gasteiger partial charge >= 0.3 is 0 Å². The molecule has 4 heteroatoms. The molecule has 1 fully saturated rings. The van der Waals surface area contributed by atoms with Gasteiger partial charge in [-0.05, 0) is 48.9 Å². The molecular weight excluding hydrogens is 412 g/mol. The molecule has 1 aliphatic heterocycles. The van der Waals surface area contributed by atoms with Gasteiger partial charge in [0.15, 0.2) is 0 Å². The lowest BCUT2D eigenvalue weighted by Crippen LogP contribution is -2.39. The molecule has 4 rings (SSSR count). The molecule has 0 bridgehead atoms. The molecule has 3 aromatic carbocycles. The van der Waals surface area contributed by atoms with Crippen LogP contribution in [0, 0.1) is 0 Å². The van der Waals surface area contributed by atoms with E-state index in [-0.39, 0.29) is 0 Å². The molecule has 0 spiro atoms. The van der Waals surface area contributed by atoms with Crippen molar-refractivity contribution >= 4 is 32.4 Å². The molecule has 0 saturated carbocycles. The van der Waals surface area contributed by atoms with Gasteiger partial charge in [-0.15, -0.1) is 0 Å². The average Bonchev–Trinajstić information content (AvgIpc) is 2.75. The summed E-state index contributed by atoms with van der Waals surface area (Å²) < 4.78 is 6.96. The molecule has 0 aromatic heterocycles. The highest BCUT2D eigenvalue weighted by Gasteiger charge is 2.19. The zero-order valence-corrected chi connectivity index (χ0v) is 17.7. The largest absolute Gasteiger partial charge is 0.494 e. The summed E-state index contributed by atoms with van der Waals surface area (Å²) in [6.45, 7) is 4.20. The van der Waals surface area contributed by atoms with Gasteiger partial charge in [0.25, 0.3) is 0 Å². The molecule has 0 aliphatic carbocycles. The summed E-state index contributed by atoms with van der Waals surface area (Å²) in [5, 5.41) is 6.34. The van der Waals surface area contributed by atoms with Gasteiger partial charge in [0, 0.05) is 41.2 Å². The summed E-state index contributed by atoms with van der Waals surface area (Å²) in [6.07, 6.45) is 3.44. The Morgan fingerprint density at radius 1 is 0.893 bits per heavy atom. The molecule has 146 valence electrons. The first-order valence-corrected chi connectivity index (χ1v) is 10.9. The van der Waals surface area contributed by atoms with Crippen LogP contribution in [0.15, 0.2) is 71.2 Å². The second-order valence-corrected chi connectivity index (χ2v) is 8.27. The molecule has 28 heavy (non-hydrogen) atoms. The van der Waals surface area contributed by atoms with E-state index in [4.69, 9.17) is 4.74 Å². The Morgan fingerprint density at radius 3 is 2.39 bits per heavy atom. The van der Waals surface area contributed by atoms with Gasteiger partial charge < -0.3 is 15.0 Å². The van der Waals surface area contributed by atoms with Gasteiger partial charge in [-0.25, -0.2) is 0 Å². The van der Waals surface area contributed by atoms with Gasteiger partial charge in [0.2, 0.25) is 0 Å². The summed E-state index contributed by atoms with van der Waals surface area (Å²) in [5.74, 6) is 0.965. The minimum absolute atomic E-state index is 0.543. The molecule has 1 N–H and O–H groups in total. The molecule has 0 unspecified atom stereocenters. The highest BCUT2D eigenvalue weighted by Crippen LogP contribution is 2.31. The van der Waals surface area contributed by atoms with Crippen molar-refractivity contribution < 1.29 is 4.74 Å². The van der Waals surface area contributed by atoms with Crippen molar-refractivity contribution in [3.8, 4) is 5.75 Å². The Labute approximate surface area is 175 Å². The Kier molecular flexibility index (Phi) is 6.50. The summed E-state index contributed by atoms with van der Waals surface area (Å²) in [4.78, 5) is 2.56. The lowest BCUT2D eigenvalue weighted by atomic mass is 10.0. The van der Waals surface area contributed by atoms with Gasteiger partial charge in [-0.1, -0.05) is 58.4 Å². The van der Waals surface area contributed by atoms with Crippen molar-refractivity contribution in [1.82, 2.24) is 4.90 Å². The lowest BCUT2D eigenvalue weighted by Gasteiger charge is -2.33. The first-order chi connectivity index (χ1) is 13.8. The first kappa shape index (κ1) is 19.3. The van der Waals surface area contributed by atoms with Crippen molar-refractivity contribution in [3.63, 3.8) is 0 Å². The molecule has 3 aromatic rings. The Hall–Kier alpha value is -2.04. The number of hydrogen-bond acceptors (Lipinski definition) is 3. The van der Waals surface area contributed by atoms with E-state index in [0.29, 0.717) is 6.04 Å². The average molecular weight is 439 g/mol. The molecule has 0 amide bonds. The van der Waals surface area contributed by atoms with E-state index in [1.165, 1.54) is 29.3 Å². The number of benzene rings is 3. The van der Waals surface area contributed by atoms with Crippen LogP contribution in [-0.2, 0) is 0 Å². The molecular formula is C24H27BrN2O. The minimum atomic E-state index is 0.543. The summed E-state index contributed by atoms with van der Waals surface area (Å²) in [6, 6.07) is 23.5. The van der Waals surface area contributed by atoms with Crippen LogP contribution in [0.5, 0.6) is 5.75 Å². The maximum Gasteiger partial charge on any atom is 0.119 e. The number of hydrogen-bond donors (Lipinski definition) is 1. The third-order valence-corrected chi connectivity index (χ3v) is 6.14. The zero-order chi connectivity index (χ0) is 19.2. The van der Waals surface area contributed by atoms with Gasteiger partial charge in [-0.2, -0.15) is 0 Å². The number of nitrogens with zero attached hydrogens (tertiary/aromatic N) is 1. The van der Waals surface area contributed by atoms with E-state index in [0.717, 1.165) is 42.9 Å². The Bertz CT molecular complexity index is 892. The topological polar surface area (TPSA) is 24.5 Å². The second kappa shape index (κ2) is 9.44. The van der Waals surface area contributed by atoms with E-state index < -0.39 is 0 Å². The summed E-state index contributed by atoms with van der Waals surface area (Å²) in [5.41, 5.74) is 1.24. The Morgan fingerprint density at radius 2 is 1.61 bits per heavy atom. The minimum Gasteiger partial charge on any atom is -0.494 e. The number of fused-ring (bicyclic) bond motifs is 1. The molecule has 3 nitrogen and oxygen atoms in total. The van der Waals surface area contributed by atoms with E-state index >= 15 is 0 Å². The van der Waals surface area contributed by atoms with Crippen LogP contribution in [0.2, 0.25) is 0 Å². The monoisotopic (exact) mass is 438 g/mol. The van der Waals surface area contributed by atoms with Crippen LogP contribution in [0.3, 0.4) is 0 Å². The summed E-state index contributed by atoms with van der Waals surface area (Å²) in [7, 11) is 0. The maximum atomic E-state index is 5.80. The fourth-order valence-corrected chi connectivity index (χ4v) is 4.38. The highest BCUT2D eigenvalue weighted by atomic mass is 79.9. The van der Waals surface area contributed by atoms with Crippen molar-refractivity contribution in [2.45, 2.75) is 25.3 Å². The second-order valence-electron chi connectivity index (χ2n) is 7.42. The third-order valence-electron chi connectivity index (χ3n) is 5.45. The van der Waals surface area contributed by atoms with E-state index in [1.807, 2.05) is 30.3 Å². The number of ether oxygens (including phenoxy) is 1. The van der Waals surface area contributed by atoms with Crippen LogP contribution in [0.1, 0.15) is 19.3 Å².